The number of halogens is 3. The predicted octanol–water partition coefficient (Wildman–Crippen LogP) is 3.50. The first kappa shape index (κ1) is 14.0. The van der Waals surface area contributed by atoms with Crippen LogP contribution < -0.4 is 4.18 Å². The lowest BCUT2D eigenvalue weighted by Crippen LogP contribution is -2.12. The second-order valence-corrected chi connectivity index (χ2v) is 5.97. The van der Waals surface area contributed by atoms with E-state index in [2.05, 4.69) is 20.1 Å². The van der Waals surface area contributed by atoms with Crippen molar-refractivity contribution in [3.63, 3.8) is 0 Å². The Morgan fingerprint density at radius 2 is 1.68 bits per heavy atom. The number of rotatable bonds is 3. The standard InChI is InChI=1S/C12H7BrF2O3S/c13-8-5-6-10(15)12(7-8)19(16,17)18-11-4-2-1-3-9(11)14/h1-7H. The maximum absolute atomic E-state index is 13.5. The van der Waals surface area contributed by atoms with Crippen LogP contribution in [0.2, 0.25) is 0 Å². The lowest BCUT2D eigenvalue weighted by molar-refractivity contribution is 0.455. The summed E-state index contributed by atoms with van der Waals surface area (Å²) in [4.78, 5) is -0.662. The van der Waals surface area contributed by atoms with Gasteiger partial charge in [0.25, 0.3) is 0 Å². The quantitative estimate of drug-likeness (QED) is 0.797. The van der Waals surface area contributed by atoms with Gasteiger partial charge >= 0.3 is 10.1 Å². The van der Waals surface area contributed by atoms with Crippen molar-refractivity contribution in [3.8, 4) is 5.75 Å². The topological polar surface area (TPSA) is 43.4 Å². The monoisotopic (exact) mass is 348 g/mol. The molecule has 0 aromatic heterocycles. The van der Waals surface area contributed by atoms with Crippen LogP contribution in [0, 0.1) is 11.6 Å². The fraction of sp³-hybridized carbons (Fsp3) is 0. The molecule has 0 radical (unpaired) electrons. The van der Waals surface area contributed by atoms with E-state index in [1.165, 1.54) is 18.2 Å². The van der Waals surface area contributed by atoms with E-state index >= 15 is 0 Å². The molecule has 2 rings (SSSR count). The van der Waals surface area contributed by atoms with Crippen molar-refractivity contribution in [2.45, 2.75) is 4.90 Å². The molecule has 0 saturated carbocycles. The molecule has 0 aliphatic heterocycles. The van der Waals surface area contributed by atoms with Gasteiger partial charge in [0.1, 0.15) is 10.7 Å². The third kappa shape index (κ3) is 3.10. The zero-order chi connectivity index (χ0) is 14.0. The van der Waals surface area contributed by atoms with Gasteiger partial charge in [-0.1, -0.05) is 28.1 Å². The van der Waals surface area contributed by atoms with Crippen LogP contribution in [0.1, 0.15) is 0 Å². The van der Waals surface area contributed by atoms with Gasteiger partial charge in [-0.05, 0) is 30.3 Å². The molecule has 0 spiro atoms. The van der Waals surface area contributed by atoms with E-state index in [0.29, 0.717) is 4.47 Å². The van der Waals surface area contributed by atoms with Crippen molar-refractivity contribution in [2.75, 3.05) is 0 Å². The summed E-state index contributed by atoms with van der Waals surface area (Å²) in [6, 6.07) is 8.34. The molecule has 0 N–H and O–H groups in total. The molecule has 3 nitrogen and oxygen atoms in total. The minimum atomic E-state index is -4.43. The summed E-state index contributed by atoms with van der Waals surface area (Å²) in [6.45, 7) is 0. The summed E-state index contributed by atoms with van der Waals surface area (Å²) >= 11 is 3.03. The van der Waals surface area contributed by atoms with E-state index in [-0.39, 0.29) is 0 Å². The van der Waals surface area contributed by atoms with Crippen LogP contribution in [0.4, 0.5) is 8.78 Å². The largest absolute Gasteiger partial charge is 0.376 e. The molecule has 2 aromatic rings. The molecule has 0 aliphatic rings. The first-order valence-electron chi connectivity index (χ1n) is 5.04. The summed E-state index contributed by atoms with van der Waals surface area (Å²) in [6.07, 6.45) is 0. The molecule has 2 aromatic carbocycles. The molecule has 7 heteroatoms. The van der Waals surface area contributed by atoms with Gasteiger partial charge in [0.05, 0.1) is 0 Å². The molecular formula is C12H7BrF2O3S. The number of benzene rings is 2. The van der Waals surface area contributed by atoms with E-state index in [4.69, 9.17) is 0 Å². The molecule has 0 amide bonds. The van der Waals surface area contributed by atoms with E-state index in [1.54, 1.807) is 0 Å². The normalized spacial score (nSPS) is 11.3. The molecule has 100 valence electrons. The third-order valence-electron chi connectivity index (χ3n) is 2.20. The fourth-order valence-electron chi connectivity index (χ4n) is 1.34. The Morgan fingerprint density at radius 1 is 1.00 bits per heavy atom. The zero-order valence-electron chi connectivity index (χ0n) is 9.31. The SMILES string of the molecule is O=S(=O)(Oc1ccccc1F)c1cc(Br)ccc1F. The minimum Gasteiger partial charge on any atom is -0.376 e. The fourth-order valence-corrected chi connectivity index (χ4v) is 2.90. The van der Waals surface area contributed by atoms with E-state index in [9.17, 15) is 17.2 Å². The van der Waals surface area contributed by atoms with Crippen LogP contribution >= 0.6 is 15.9 Å². The lowest BCUT2D eigenvalue weighted by atomic mass is 10.3. The highest BCUT2D eigenvalue weighted by molar-refractivity contribution is 9.10. The lowest BCUT2D eigenvalue weighted by Gasteiger charge is -2.08. The maximum Gasteiger partial charge on any atom is 0.342 e. The predicted molar refractivity (Wildman–Crippen MR) is 68.3 cm³/mol. The molecule has 0 aliphatic carbocycles. The molecule has 19 heavy (non-hydrogen) atoms. The third-order valence-corrected chi connectivity index (χ3v) is 3.94. The Bertz CT molecular complexity index is 717. The van der Waals surface area contributed by atoms with Crippen LogP contribution in [0.5, 0.6) is 5.75 Å². The van der Waals surface area contributed by atoms with E-state index in [1.807, 2.05) is 0 Å². The summed E-state index contributed by atoms with van der Waals surface area (Å²) in [7, 11) is -4.43. The van der Waals surface area contributed by atoms with Gasteiger partial charge in [-0.2, -0.15) is 8.42 Å². The highest BCUT2D eigenvalue weighted by Crippen LogP contribution is 2.25. The van der Waals surface area contributed by atoms with Gasteiger partial charge in [-0.3, -0.25) is 0 Å². The molecule has 0 fully saturated rings. The van der Waals surface area contributed by atoms with Crippen molar-refractivity contribution in [3.05, 3.63) is 58.6 Å². The number of hydrogen-bond donors (Lipinski definition) is 0. The van der Waals surface area contributed by atoms with Crippen LogP contribution in [-0.2, 0) is 10.1 Å². The van der Waals surface area contributed by atoms with Gasteiger partial charge in [-0.25, -0.2) is 8.78 Å². The molecular weight excluding hydrogens is 342 g/mol. The van der Waals surface area contributed by atoms with Crippen LogP contribution in [0.15, 0.2) is 51.8 Å². The second-order valence-electron chi connectivity index (χ2n) is 3.54. The van der Waals surface area contributed by atoms with Gasteiger partial charge in [-0.15, -0.1) is 0 Å². The first-order valence-corrected chi connectivity index (χ1v) is 7.24. The van der Waals surface area contributed by atoms with Gasteiger partial charge < -0.3 is 4.18 Å². The van der Waals surface area contributed by atoms with Crippen molar-refractivity contribution in [2.24, 2.45) is 0 Å². The smallest absolute Gasteiger partial charge is 0.342 e. The first-order chi connectivity index (χ1) is 8.90. The Morgan fingerprint density at radius 3 is 2.37 bits per heavy atom. The van der Waals surface area contributed by atoms with Crippen molar-refractivity contribution < 1.29 is 21.4 Å². The summed E-state index contributed by atoms with van der Waals surface area (Å²) in [5.41, 5.74) is 0. The van der Waals surface area contributed by atoms with E-state index in [0.717, 1.165) is 24.3 Å². The summed E-state index contributed by atoms with van der Waals surface area (Å²) in [5, 5.41) is 0. The Balaban J connectivity index is 2.44. The average molecular weight is 349 g/mol. The molecule has 0 atom stereocenters. The van der Waals surface area contributed by atoms with Gasteiger partial charge in [0.15, 0.2) is 11.6 Å². The second kappa shape index (κ2) is 5.26. The minimum absolute atomic E-state index is 0.365. The van der Waals surface area contributed by atoms with Crippen LogP contribution in [0.3, 0.4) is 0 Å². The van der Waals surface area contributed by atoms with Crippen molar-refractivity contribution in [1.29, 1.82) is 0 Å². The highest BCUT2D eigenvalue weighted by atomic mass is 79.9. The average Bonchev–Trinajstić information content (AvgIpc) is 2.35. The van der Waals surface area contributed by atoms with Crippen molar-refractivity contribution in [1.82, 2.24) is 0 Å². The number of para-hydroxylation sites is 1. The summed E-state index contributed by atoms with van der Waals surface area (Å²) < 4.78 is 55.5. The Hall–Kier alpha value is -1.47. The zero-order valence-corrected chi connectivity index (χ0v) is 11.7. The van der Waals surface area contributed by atoms with Gasteiger partial charge in [0, 0.05) is 4.47 Å². The molecule has 0 unspecified atom stereocenters. The Labute approximate surface area is 117 Å². The molecule has 0 saturated heterocycles. The maximum atomic E-state index is 13.5. The van der Waals surface area contributed by atoms with Crippen molar-refractivity contribution >= 4 is 26.0 Å². The van der Waals surface area contributed by atoms with E-state index < -0.39 is 32.4 Å². The highest BCUT2D eigenvalue weighted by Gasteiger charge is 2.23. The number of hydrogen-bond acceptors (Lipinski definition) is 3. The van der Waals surface area contributed by atoms with Crippen LogP contribution in [-0.4, -0.2) is 8.42 Å². The Kier molecular flexibility index (Phi) is 3.86. The van der Waals surface area contributed by atoms with Crippen LogP contribution in [0.25, 0.3) is 0 Å². The molecule has 0 heterocycles. The molecule has 0 bridgehead atoms. The summed E-state index contributed by atoms with van der Waals surface area (Å²) in [5.74, 6) is -2.30. The van der Waals surface area contributed by atoms with Gasteiger partial charge in [0.2, 0.25) is 0 Å².